The molecule has 0 radical (unpaired) electrons. The standard InChI is InChI=1S/C11H16N2O5S2/c1-18-9-5-8(6-9)13-20(16,17)11-4-2-3-10(7-11)19(12,14)15/h2-4,7-9,13H,5-6H2,1H3,(H2,12,14,15). The van der Waals surface area contributed by atoms with Crippen molar-refractivity contribution in [2.24, 2.45) is 5.14 Å². The summed E-state index contributed by atoms with van der Waals surface area (Å²) in [5.41, 5.74) is 0. The Morgan fingerprint density at radius 2 is 1.80 bits per heavy atom. The number of ether oxygens (including phenoxy) is 1. The average Bonchev–Trinajstić information content (AvgIpc) is 2.32. The van der Waals surface area contributed by atoms with E-state index in [1.807, 2.05) is 0 Å². The van der Waals surface area contributed by atoms with Crippen LogP contribution in [0.1, 0.15) is 12.8 Å². The Labute approximate surface area is 118 Å². The summed E-state index contributed by atoms with van der Waals surface area (Å²) in [6, 6.07) is 4.77. The molecule has 1 fully saturated rings. The van der Waals surface area contributed by atoms with E-state index >= 15 is 0 Å². The molecule has 112 valence electrons. The number of methoxy groups -OCH3 is 1. The van der Waals surface area contributed by atoms with E-state index in [4.69, 9.17) is 9.88 Å². The van der Waals surface area contributed by atoms with Gasteiger partial charge in [-0.05, 0) is 31.0 Å². The number of sulfonamides is 2. The summed E-state index contributed by atoms with van der Waals surface area (Å²) in [4.78, 5) is -0.353. The second kappa shape index (κ2) is 5.41. The van der Waals surface area contributed by atoms with E-state index < -0.39 is 20.0 Å². The molecule has 0 saturated heterocycles. The van der Waals surface area contributed by atoms with Crippen LogP contribution < -0.4 is 9.86 Å². The minimum atomic E-state index is -3.93. The Morgan fingerprint density at radius 3 is 2.35 bits per heavy atom. The van der Waals surface area contributed by atoms with Gasteiger partial charge in [-0.15, -0.1) is 0 Å². The molecule has 9 heteroatoms. The average molecular weight is 320 g/mol. The number of hydrogen-bond acceptors (Lipinski definition) is 5. The van der Waals surface area contributed by atoms with Crippen molar-refractivity contribution in [2.75, 3.05) is 7.11 Å². The van der Waals surface area contributed by atoms with Gasteiger partial charge in [-0.25, -0.2) is 26.7 Å². The maximum atomic E-state index is 12.1. The maximum absolute atomic E-state index is 12.1. The van der Waals surface area contributed by atoms with Gasteiger partial charge in [-0.1, -0.05) is 6.07 Å². The number of nitrogens with one attached hydrogen (secondary N) is 1. The molecular weight excluding hydrogens is 304 g/mol. The normalized spacial score (nSPS) is 23.3. The van der Waals surface area contributed by atoms with Gasteiger partial charge in [0.25, 0.3) is 0 Å². The summed E-state index contributed by atoms with van der Waals surface area (Å²) in [5, 5.41) is 4.98. The molecule has 1 aromatic carbocycles. The Kier molecular flexibility index (Phi) is 4.17. The van der Waals surface area contributed by atoms with Crippen LogP contribution in [0.25, 0.3) is 0 Å². The first-order valence-corrected chi connectivity index (χ1v) is 8.93. The number of primary sulfonamides is 1. The van der Waals surface area contributed by atoms with Crippen LogP contribution in [0.5, 0.6) is 0 Å². The fraction of sp³-hybridized carbons (Fsp3) is 0.455. The van der Waals surface area contributed by atoms with Gasteiger partial charge in [0.05, 0.1) is 15.9 Å². The molecule has 1 aromatic rings. The summed E-state index contributed by atoms with van der Waals surface area (Å²) in [5.74, 6) is 0. The number of nitrogens with two attached hydrogens (primary N) is 1. The van der Waals surface area contributed by atoms with Gasteiger partial charge >= 0.3 is 0 Å². The Morgan fingerprint density at radius 1 is 1.20 bits per heavy atom. The predicted octanol–water partition coefficient (Wildman–Crippen LogP) is -0.210. The van der Waals surface area contributed by atoms with Crippen molar-refractivity contribution >= 4 is 20.0 Å². The third-order valence-electron chi connectivity index (χ3n) is 3.19. The zero-order chi connectivity index (χ0) is 15.0. The molecule has 7 nitrogen and oxygen atoms in total. The summed E-state index contributed by atoms with van der Waals surface area (Å²) < 4.78 is 54.3. The van der Waals surface area contributed by atoms with Gasteiger partial charge in [-0.2, -0.15) is 0 Å². The molecule has 1 aliphatic rings. The van der Waals surface area contributed by atoms with Crippen molar-refractivity contribution in [2.45, 2.75) is 34.8 Å². The Hall–Kier alpha value is -1.00. The first-order chi connectivity index (χ1) is 9.22. The molecule has 0 heterocycles. The summed E-state index contributed by atoms with van der Waals surface area (Å²) >= 11 is 0. The van der Waals surface area contributed by atoms with Crippen LogP contribution in [0, 0.1) is 0 Å². The van der Waals surface area contributed by atoms with E-state index in [1.165, 1.54) is 18.2 Å². The van der Waals surface area contributed by atoms with Gasteiger partial charge in [0.1, 0.15) is 0 Å². The highest BCUT2D eigenvalue weighted by molar-refractivity contribution is 7.90. The minimum absolute atomic E-state index is 0.0680. The third kappa shape index (κ3) is 3.36. The van der Waals surface area contributed by atoms with Crippen LogP contribution in [0.15, 0.2) is 34.1 Å². The molecule has 1 aliphatic carbocycles. The molecular formula is C11H16N2O5S2. The Balaban J connectivity index is 2.18. The second-order valence-corrected chi connectivity index (χ2v) is 7.94. The van der Waals surface area contributed by atoms with E-state index in [1.54, 1.807) is 7.11 Å². The summed E-state index contributed by atoms with van der Waals surface area (Å²) in [6.45, 7) is 0. The van der Waals surface area contributed by atoms with Gasteiger partial charge in [-0.3, -0.25) is 0 Å². The van der Waals surface area contributed by atoms with Crippen LogP contribution >= 0.6 is 0 Å². The molecule has 0 spiro atoms. The quantitative estimate of drug-likeness (QED) is 0.779. The fourth-order valence-corrected chi connectivity index (χ4v) is 3.90. The lowest BCUT2D eigenvalue weighted by Crippen LogP contribution is -2.47. The van der Waals surface area contributed by atoms with E-state index in [9.17, 15) is 16.8 Å². The predicted molar refractivity (Wildman–Crippen MR) is 72.0 cm³/mol. The van der Waals surface area contributed by atoms with Gasteiger partial charge in [0, 0.05) is 13.2 Å². The molecule has 0 unspecified atom stereocenters. The third-order valence-corrected chi connectivity index (χ3v) is 5.62. The molecule has 2 rings (SSSR count). The number of rotatable bonds is 5. The first-order valence-electron chi connectivity index (χ1n) is 5.90. The van der Waals surface area contributed by atoms with E-state index in [2.05, 4.69) is 4.72 Å². The topological polar surface area (TPSA) is 116 Å². The summed E-state index contributed by atoms with van der Waals surface area (Å²) in [7, 11) is -6.12. The molecule has 3 N–H and O–H groups in total. The second-order valence-electron chi connectivity index (χ2n) is 4.67. The van der Waals surface area contributed by atoms with Gasteiger partial charge < -0.3 is 4.74 Å². The fourth-order valence-electron chi connectivity index (χ4n) is 1.96. The minimum Gasteiger partial charge on any atom is -0.381 e. The zero-order valence-electron chi connectivity index (χ0n) is 10.8. The van der Waals surface area contributed by atoms with Crippen molar-refractivity contribution in [3.8, 4) is 0 Å². The van der Waals surface area contributed by atoms with Crippen molar-refractivity contribution < 1.29 is 21.6 Å². The molecule has 20 heavy (non-hydrogen) atoms. The molecule has 1 saturated carbocycles. The van der Waals surface area contributed by atoms with Crippen LogP contribution in [0.2, 0.25) is 0 Å². The summed E-state index contributed by atoms with van der Waals surface area (Å²) in [6.07, 6.45) is 1.27. The Bertz CT molecular complexity index is 693. The lowest BCUT2D eigenvalue weighted by Gasteiger charge is -2.34. The zero-order valence-corrected chi connectivity index (χ0v) is 12.4. The van der Waals surface area contributed by atoms with Gasteiger partial charge in [0.2, 0.25) is 20.0 Å². The lowest BCUT2D eigenvalue weighted by atomic mass is 9.90. The SMILES string of the molecule is COC1CC(NS(=O)(=O)c2cccc(S(N)(=O)=O)c2)C1. The van der Waals surface area contributed by atoms with Gasteiger partial charge in [0.15, 0.2) is 0 Å². The van der Waals surface area contributed by atoms with Crippen molar-refractivity contribution in [3.63, 3.8) is 0 Å². The monoisotopic (exact) mass is 320 g/mol. The molecule has 0 aliphatic heterocycles. The smallest absolute Gasteiger partial charge is 0.240 e. The molecule has 0 aromatic heterocycles. The number of hydrogen-bond donors (Lipinski definition) is 2. The molecule has 0 amide bonds. The van der Waals surface area contributed by atoms with Crippen LogP contribution in [0.3, 0.4) is 0 Å². The highest BCUT2D eigenvalue weighted by atomic mass is 32.2. The van der Waals surface area contributed by atoms with Crippen molar-refractivity contribution in [1.82, 2.24) is 4.72 Å². The maximum Gasteiger partial charge on any atom is 0.240 e. The van der Waals surface area contributed by atoms with Crippen LogP contribution in [-0.4, -0.2) is 36.1 Å². The highest BCUT2D eigenvalue weighted by Crippen LogP contribution is 2.25. The van der Waals surface area contributed by atoms with Crippen molar-refractivity contribution in [1.29, 1.82) is 0 Å². The van der Waals surface area contributed by atoms with Crippen molar-refractivity contribution in [3.05, 3.63) is 24.3 Å². The van der Waals surface area contributed by atoms with E-state index in [-0.39, 0.29) is 21.9 Å². The molecule has 0 atom stereocenters. The molecule has 0 bridgehead atoms. The van der Waals surface area contributed by atoms with Crippen LogP contribution in [-0.2, 0) is 24.8 Å². The largest absolute Gasteiger partial charge is 0.381 e. The van der Waals surface area contributed by atoms with E-state index in [0.29, 0.717) is 12.8 Å². The highest BCUT2D eigenvalue weighted by Gasteiger charge is 2.32. The van der Waals surface area contributed by atoms with Crippen LogP contribution in [0.4, 0.5) is 0 Å². The number of benzene rings is 1. The lowest BCUT2D eigenvalue weighted by molar-refractivity contribution is 0.0236. The van der Waals surface area contributed by atoms with E-state index in [0.717, 1.165) is 6.07 Å². The first kappa shape index (κ1) is 15.4.